The van der Waals surface area contributed by atoms with Crippen molar-refractivity contribution >= 4 is 28.9 Å². The van der Waals surface area contributed by atoms with E-state index in [0.29, 0.717) is 10.8 Å². The molecule has 2 aromatic carbocycles. The first-order chi connectivity index (χ1) is 12.9. The van der Waals surface area contributed by atoms with Crippen LogP contribution >= 0.6 is 11.6 Å². The number of nitrogens with zero attached hydrogens (tertiary/aromatic N) is 3. The Morgan fingerprint density at radius 3 is 2.70 bits per heavy atom. The molecule has 0 aliphatic heterocycles. The van der Waals surface area contributed by atoms with Gasteiger partial charge in [-0.15, -0.1) is 0 Å². The Kier molecular flexibility index (Phi) is 5.23. The van der Waals surface area contributed by atoms with Gasteiger partial charge >= 0.3 is 0 Å². The number of halogens is 1. The summed E-state index contributed by atoms with van der Waals surface area (Å²) >= 11 is 5.81. The molecule has 3 rings (SSSR count). The van der Waals surface area contributed by atoms with Gasteiger partial charge in [-0.3, -0.25) is 14.9 Å². The number of carbonyl (C=O) groups excluding carboxylic acids is 1. The van der Waals surface area contributed by atoms with Crippen molar-refractivity contribution in [3.05, 3.63) is 75.6 Å². The first kappa shape index (κ1) is 18.2. The van der Waals surface area contributed by atoms with Crippen LogP contribution in [-0.2, 0) is 6.73 Å². The van der Waals surface area contributed by atoms with Crippen LogP contribution in [-0.4, -0.2) is 25.7 Å². The molecule has 0 aliphatic carbocycles. The second-order valence-corrected chi connectivity index (χ2v) is 5.79. The molecular weight excluding hydrogens is 376 g/mol. The molecule has 0 atom stereocenters. The van der Waals surface area contributed by atoms with Gasteiger partial charge in [-0.1, -0.05) is 11.6 Å². The fraction of sp³-hybridized carbons (Fsp3) is 0.0588. The fourth-order valence-corrected chi connectivity index (χ4v) is 2.34. The predicted octanol–water partition coefficient (Wildman–Crippen LogP) is 3.44. The number of anilines is 1. The van der Waals surface area contributed by atoms with Crippen molar-refractivity contribution in [3.63, 3.8) is 0 Å². The van der Waals surface area contributed by atoms with Crippen LogP contribution in [0.15, 0.2) is 54.7 Å². The summed E-state index contributed by atoms with van der Waals surface area (Å²) in [5, 5.41) is 27.7. The Morgan fingerprint density at radius 2 is 2.00 bits per heavy atom. The van der Waals surface area contributed by atoms with Crippen molar-refractivity contribution < 1.29 is 19.6 Å². The normalized spacial score (nSPS) is 10.4. The molecule has 3 aromatic rings. The van der Waals surface area contributed by atoms with E-state index in [0.717, 1.165) is 18.2 Å². The topological polar surface area (TPSA) is 120 Å². The lowest BCUT2D eigenvalue weighted by Crippen LogP contribution is -2.19. The third kappa shape index (κ3) is 4.33. The molecule has 0 saturated carbocycles. The van der Waals surface area contributed by atoms with E-state index < -0.39 is 10.8 Å². The number of phenolic OH excluding ortho intramolecular Hbond substituents is 1. The summed E-state index contributed by atoms with van der Waals surface area (Å²) in [5.74, 6) is -0.363. The first-order valence-electron chi connectivity index (χ1n) is 7.63. The zero-order chi connectivity index (χ0) is 19.4. The van der Waals surface area contributed by atoms with E-state index in [9.17, 15) is 20.0 Å². The monoisotopic (exact) mass is 388 g/mol. The van der Waals surface area contributed by atoms with Crippen molar-refractivity contribution in [1.82, 2.24) is 9.78 Å². The Balaban J connectivity index is 1.73. The lowest BCUT2D eigenvalue weighted by molar-refractivity contribution is -0.384. The molecule has 10 heteroatoms. The van der Waals surface area contributed by atoms with Gasteiger partial charge in [-0.25, -0.2) is 4.68 Å². The van der Waals surface area contributed by atoms with E-state index in [1.807, 2.05) is 0 Å². The maximum absolute atomic E-state index is 12.5. The van der Waals surface area contributed by atoms with E-state index in [4.69, 9.17) is 16.3 Å². The first-order valence-corrected chi connectivity index (χ1v) is 8.01. The van der Waals surface area contributed by atoms with Crippen LogP contribution < -0.4 is 10.1 Å². The van der Waals surface area contributed by atoms with Gasteiger partial charge in [-0.05, 0) is 36.4 Å². The highest BCUT2D eigenvalue weighted by atomic mass is 35.5. The molecule has 0 saturated heterocycles. The number of aromatic nitrogens is 2. The Morgan fingerprint density at radius 1 is 1.26 bits per heavy atom. The molecule has 1 amide bonds. The summed E-state index contributed by atoms with van der Waals surface area (Å²) in [4.78, 5) is 22.7. The molecule has 0 radical (unpaired) electrons. The summed E-state index contributed by atoms with van der Waals surface area (Å²) in [5.41, 5.74) is -0.196. The van der Waals surface area contributed by atoms with Gasteiger partial charge in [0.2, 0.25) is 0 Å². The quantitative estimate of drug-likeness (QED) is 0.379. The average Bonchev–Trinajstić information content (AvgIpc) is 3.11. The van der Waals surface area contributed by atoms with Crippen LogP contribution in [0, 0.1) is 10.1 Å². The third-order valence-corrected chi connectivity index (χ3v) is 3.81. The summed E-state index contributed by atoms with van der Waals surface area (Å²) in [7, 11) is 0. The molecule has 27 heavy (non-hydrogen) atoms. The number of benzene rings is 2. The van der Waals surface area contributed by atoms with Gasteiger partial charge < -0.3 is 15.2 Å². The smallest absolute Gasteiger partial charge is 0.274 e. The zero-order valence-corrected chi connectivity index (χ0v) is 14.5. The minimum Gasteiger partial charge on any atom is -0.506 e. The number of carbonyl (C=O) groups is 1. The minimum absolute atomic E-state index is 0.0433. The van der Waals surface area contributed by atoms with E-state index >= 15 is 0 Å². The molecule has 0 aliphatic rings. The molecule has 0 fully saturated rings. The fourth-order valence-electron chi connectivity index (χ4n) is 2.22. The van der Waals surface area contributed by atoms with Crippen molar-refractivity contribution in [1.29, 1.82) is 0 Å². The third-order valence-electron chi connectivity index (χ3n) is 3.56. The van der Waals surface area contributed by atoms with Crippen LogP contribution in [0.5, 0.6) is 11.5 Å². The highest BCUT2D eigenvalue weighted by molar-refractivity contribution is 6.30. The Hall–Kier alpha value is -3.59. The summed E-state index contributed by atoms with van der Waals surface area (Å²) in [6.07, 6.45) is 1.41. The summed E-state index contributed by atoms with van der Waals surface area (Å²) < 4.78 is 6.85. The van der Waals surface area contributed by atoms with Gasteiger partial charge in [0, 0.05) is 23.4 Å². The van der Waals surface area contributed by atoms with E-state index in [-0.39, 0.29) is 29.5 Å². The maximum Gasteiger partial charge on any atom is 0.274 e. The Labute approximate surface area is 157 Å². The SMILES string of the molecule is O=C(Nc1cc([N+](=O)[O-])ccc1O)c1ccnn1COc1ccc(Cl)cc1. The van der Waals surface area contributed by atoms with E-state index in [2.05, 4.69) is 10.4 Å². The number of hydrogen-bond acceptors (Lipinski definition) is 6. The van der Waals surface area contributed by atoms with Crippen molar-refractivity contribution in [3.8, 4) is 11.5 Å². The summed E-state index contributed by atoms with van der Waals surface area (Å²) in [6.45, 7) is -0.0433. The standard InChI is InChI=1S/C17H13ClN4O5/c18-11-1-4-13(5-2-11)27-10-21-15(7-8-19-21)17(24)20-14-9-12(22(25)26)3-6-16(14)23/h1-9,23H,10H2,(H,20,24). The van der Waals surface area contributed by atoms with E-state index in [1.165, 1.54) is 16.9 Å². The van der Waals surface area contributed by atoms with E-state index in [1.54, 1.807) is 24.3 Å². The molecule has 138 valence electrons. The summed E-state index contributed by atoms with van der Waals surface area (Å²) in [6, 6.07) is 11.5. The lowest BCUT2D eigenvalue weighted by Gasteiger charge is -2.11. The molecule has 0 spiro atoms. The van der Waals surface area contributed by atoms with Crippen LogP contribution in [0.3, 0.4) is 0 Å². The van der Waals surface area contributed by atoms with Crippen LogP contribution in [0.25, 0.3) is 0 Å². The maximum atomic E-state index is 12.5. The van der Waals surface area contributed by atoms with Gasteiger partial charge in [0.25, 0.3) is 11.6 Å². The average molecular weight is 389 g/mol. The molecule has 0 unspecified atom stereocenters. The van der Waals surface area contributed by atoms with Gasteiger partial charge in [0.05, 0.1) is 10.6 Å². The number of rotatable bonds is 6. The second-order valence-electron chi connectivity index (χ2n) is 5.36. The highest BCUT2D eigenvalue weighted by Crippen LogP contribution is 2.28. The number of aromatic hydroxyl groups is 1. The number of phenols is 1. The number of amides is 1. The number of nitro groups is 1. The van der Waals surface area contributed by atoms with Crippen LogP contribution in [0.1, 0.15) is 10.5 Å². The second kappa shape index (κ2) is 7.75. The molecule has 9 nitrogen and oxygen atoms in total. The number of ether oxygens (including phenoxy) is 1. The van der Waals surface area contributed by atoms with Gasteiger partial charge in [0.1, 0.15) is 17.2 Å². The van der Waals surface area contributed by atoms with Gasteiger partial charge in [0.15, 0.2) is 6.73 Å². The van der Waals surface area contributed by atoms with Crippen molar-refractivity contribution in [2.45, 2.75) is 6.73 Å². The number of non-ortho nitro benzene ring substituents is 1. The Bertz CT molecular complexity index is 987. The molecule has 1 aromatic heterocycles. The van der Waals surface area contributed by atoms with Gasteiger partial charge in [-0.2, -0.15) is 5.10 Å². The molecule has 1 heterocycles. The van der Waals surface area contributed by atoms with Crippen LogP contribution in [0.4, 0.5) is 11.4 Å². The largest absolute Gasteiger partial charge is 0.506 e. The molecular formula is C17H13ClN4O5. The molecule has 0 bridgehead atoms. The van der Waals surface area contributed by atoms with Crippen LogP contribution in [0.2, 0.25) is 5.02 Å². The number of hydrogen-bond donors (Lipinski definition) is 2. The molecule has 2 N–H and O–H groups in total. The van der Waals surface area contributed by atoms with Crippen molar-refractivity contribution in [2.24, 2.45) is 0 Å². The van der Waals surface area contributed by atoms with Crippen molar-refractivity contribution in [2.75, 3.05) is 5.32 Å². The lowest BCUT2D eigenvalue weighted by atomic mass is 10.2. The highest BCUT2D eigenvalue weighted by Gasteiger charge is 2.17. The zero-order valence-electron chi connectivity index (χ0n) is 13.7. The number of nitrogens with one attached hydrogen (secondary N) is 1. The minimum atomic E-state index is -0.626. The number of nitro benzene ring substituents is 1. The predicted molar refractivity (Wildman–Crippen MR) is 97.0 cm³/mol.